The maximum atomic E-state index is 12.1. The first-order valence-electron chi connectivity index (χ1n) is 8.08. The molecular formula is C19H22N3O2+. The summed E-state index contributed by atoms with van der Waals surface area (Å²) in [5, 5.41) is 7.82. The molecule has 1 aromatic heterocycles. The molecule has 0 saturated carbocycles. The topological polar surface area (TPSA) is 59.6 Å². The van der Waals surface area contributed by atoms with Crippen molar-refractivity contribution < 1.29 is 14.2 Å². The average molecular weight is 324 g/mol. The van der Waals surface area contributed by atoms with Gasteiger partial charge in [0.15, 0.2) is 5.58 Å². The predicted molar refractivity (Wildman–Crippen MR) is 92.5 cm³/mol. The van der Waals surface area contributed by atoms with Crippen molar-refractivity contribution in [3.63, 3.8) is 0 Å². The van der Waals surface area contributed by atoms with Gasteiger partial charge in [0.1, 0.15) is 12.2 Å². The van der Waals surface area contributed by atoms with Gasteiger partial charge in [-0.3, -0.25) is 4.79 Å². The number of nitrogens with one attached hydrogen (secondary N) is 2. The van der Waals surface area contributed by atoms with Gasteiger partial charge in [-0.05, 0) is 17.7 Å². The molecule has 5 nitrogen and oxygen atoms in total. The number of aromatic nitrogens is 1. The molecular weight excluding hydrogens is 302 g/mol. The monoisotopic (exact) mass is 324 g/mol. The minimum Gasteiger partial charge on any atom is -0.356 e. The number of para-hydroxylation sites is 1. The van der Waals surface area contributed by atoms with Gasteiger partial charge in [-0.1, -0.05) is 41.6 Å². The molecule has 0 fully saturated rings. The fraction of sp³-hybridized carbons (Fsp3) is 0.263. The first-order valence-corrected chi connectivity index (χ1v) is 8.08. The molecule has 0 aliphatic carbocycles. The van der Waals surface area contributed by atoms with Crippen molar-refractivity contribution in [1.29, 1.82) is 0 Å². The lowest BCUT2D eigenvalue weighted by molar-refractivity contribution is -0.872. The van der Waals surface area contributed by atoms with Gasteiger partial charge in [0.05, 0.1) is 20.5 Å². The van der Waals surface area contributed by atoms with E-state index in [-0.39, 0.29) is 12.3 Å². The molecule has 1 heterocycles. The SMILES string of the molecule is C[NH+](C)Cc1ccc(CNC(=O)Cc2noc3ccccc23)cc1. The molecule has 0 aliphatic heterocycles. The Hall–Kier alpha value is -2.66. The van der Waals surface area contributed by atoms with Crippen LogP contribution in [0, 0.1) is 0 Å². The molecule has 3 rings (SSSR count). The highest BCUT2D eigenvalue weighted by atomic mass is 16.5. The number of hydrogen-bond donors (Lipinski definition) is 2. The zero-order valence-corrected chi connectivity index (χ0v) is 14.0. The highest BCUT2D eigenvalue weighted by molar-refractivity contribution is 5.86. The second kappa shape index (κ2) is 7.27. The van der Waals surface area contributed by atoms with Crippen LogP contribution in [-0.2, 0) is 24.3 Å². The molecule has 2 aromatic carbocycles. The number of nitrogens with zero attached hydrogens (tertiary/aromatic N) is 1. The first-order chi connectivity index (χ1) is 11.6. The molecule has 0 radical (unpaired) electrons. The molecule has 0 unspecified atom stereocenters. The largest absolute Gasteiger partial charge is 0.356 e. The predicted octanol–water partition coefficient (Wildman–Crippen LogP) is 1.33. The van der Waals surface area contributed by atoms with E-state index in [9.17, 15) is 4.79 Å². The maximum absolute atomic E-state index is 12.1. The molecule has 24 heavy (non-hydrogen) atoms. The van der Waals surface area contributed by atoms with Crippen molar-refractivity contribution >= 4 is 16.9 Å². The lowest BCUT2D eigenvalue weighted by Gasteiger charge is -2.08. The van der Waals surface area contributed by atoms with Crippen LogP contribution < -0.4 is 10.2 Å². The molecule has 0 saturated heterocycles. The molecule has 3 aromatic rings. The summed E-state index contributed by atoms with van der Waals surface area (Å²) >= 11 is 0. The normalized spacial score (nSPS) is 11.1. The molecule has 0 atom stereocenters. The van der Waals surface area contributed by atoms with Gasteiger partial charge in [-0.25, -0.2) is 0 Å². The van der Waals surface area contributed by atoms with Crippen molar-refractivity contribution in [2.75, 3.05) is 14.1 Å². The van der Waals surface area contributed by atoms with Crippen molar-refractivity contribution in [3.05, 3.63) is 65.4 Å². The maximum Gasteiger partial charge on any atom is 0.226 e. The highest BCUT2D eigenvalue weighted by Gasteiger charge is 2.11. The lowest BCUT2D eigenvalue weighted by atomic mass is 10.1. The van der Waals surface area contributed by atoms with Crippen LogP contribution in [0.3, 0.4) is 0 Å². The molecule has 1 amide bonds. The summed E-state index contributed by atoms with van der Waals surface area (Å²) in [6.07, 6.45) is 0.221. The van der Waals surface area contributed by atoms with E-state index in [2.05, 4.69) is 48.8 Å². The zero-order chi connectivity index (χ0) is 16.9. The van der Waals surface area contributed by atoms with Crippen LogP contribution in [0.15, 0.2) is 53.1 Å². The molecule has 0 bridgehead atoms. The van der Waals surface area contributed by atoms with E-state index in [1.165, 1.54) is 10.5 Å². The Kier molecular flexibility index (Phi) is 4.91. The number of hydrogen-bond acceptors (Lipinski definition) is 3. The van der Waals surface area contributed by atoms with Gasteiger partial charge in [-0.2, -0.15) is 0 Å². The van der Waals surface area contributed by atoms with Crippen LogP contribution in [0.25, 0.3) is 11.0 Å². The van der Waals surface area contributed by atoms with Gasteiger partial charge in [-0.15, -0.1) is 0 Å². The minimum absolute atomic E-state index is 0.0594. The second-order valence-corrected chi connectivity index (χ2v) is 6.28. The summed E-state index contributed by atoms with van der Waals surface area (Å²) < 4.78 is 5.23. The minimum atomic E-state index is -0.0594. The smallest absolute Gasteiger partial charge is 0.226 e. The van der Waals surface area contributed by atoms with Crippen LogP contribution in [0.1, 0.15) is 16.8 Å². The standard InChI is InChI=1S/C19H21N3O2/c1-22(2)13-15-9-7-14(8-10-15)12-20-19(23)11-17-16-5-3-4-6-18(16)24-21-17/h3-10H,11-13H2,1-2H3,(H,20,23)/p+1. The zero-order valence-electron chi connectivity index (χ0n) is 14.0. The fourth-order valence-electron chi connectivity index (χ4n) is 2.66. The Morgan fingerprint density at radius 3 is 2.54 bits per heavy atom. The lowest BCUT2D eigenvalue weighted by Crippen LogP contribution is -3.04. The van der Waals surface area contributed by atoms with E-state index in [1.807, 2.05) is 24.3 Å². The van der Waals surface area contributed by atoms with Gasteiger partial charge >= 0.3 is 0 Å². The van der Waals surface area contributed by atoms with Crippen molar-refractivity contribution in [2.45, 2.75) is 19.5 Å². The molecule has 124 valence electrons. The van der Waals surface area contributed by atoms with Crippen LogP contribution >= 0.6 is 0 Å². The Bertz CT molecular complexity index is 822. The molecule has 2 N–H and O–H groups in total. The van der Waals surface area contributed by atoms with Crippen LogP contribution in [-0.4, -0.2) is 25.2 Å². The number of benzene rings is 2. The highest BCUT2D eigenvalue weighted by Crippen LogP contribution is 2.18. The number of amides is 1. The first kappa shape index (κ1) is 16.2. The van der Waals surface area contributed by atoms with Crippen molar-refractivity contribution in [2.24, 2.45) is 0 Å². The quantitative estimate of drug-likeness (QED) is 0.719. The number of carbonyl (C=O) groups is 1. The van der Waals surface area contributed by atoms with Crippen molar-refractivity contribution in [3.8, 4) is 0 Å². The van der Waals surface area contributed by atoms with Gasteiger partial charge in [0.2, 0.25) is 5.91 Å². The summed E-state index contributed by atoms with van der Waals surface area (Å²) in [6, 6.07) is 15.9. The third-order valence-corrected chi connectivity index (χ3v) is 3.85. The third-order valence-electron chi connectivity index (χ3n) is 3.85. The van der Waals surface area contributed by atoms with Gasteiger partial charge < -0.3 is 14.7 Å². The van der Waals surface area contributed by atoms with Gasteiger partial charge in [0.25, 0.3) is 0 Å². The molecule has 0 spiro atoms. The third kappa shape index (κ3) is 4.00. The summed E-state index contributed by atoms with van der Waals surface area (Å²) in [7, 11) is 4.25. The Morgan fingerprint density at radius 1 is 1.08 bits per heavy atom. The summed E-state index contributed by atoms with van der Waals surface area (Å²) in [6.45, 7) is 1.51. The summed E-state index contributed by atoms with van der Waals surface area (Å²) in [5.41, 5.74) is 3.76. The Balaban J connectivity index is 1.55. The van der Waals surface area contributed by atoms with E-state index in [4.69, 9.17) is 4.52 Å². The fourth-order valence-corrected chi connectivity index (χ4v) is 2.66. The van der Waals surface area contributed by atoms with E-state index in [1.54, 1.807) is 0 Å². The average Bonchev–Trinajstić information content (AvgIpc) is 2.97. The van der Waals surface area contributed by atoms with E-state index >= 15 is 0 Å². The van der Waals surface area contributed by atoms with Crippen LogP contribution in [0.2, 0.25) is 0 Å². The van der Waals surface area contributed by atoms with E-state index < -0.39 is 0 Å². The molecule has 0 aliphatic rings. The Labute approximate surface area is 141 Å². The number of carbonyl (C=O) groups excluding carboxylic acids is 1. The van der Waals surface area contributed by atoms with Crippen molar-refractivity contribution in [1.82, 2.24) is 10.5 Å². The molecule has 5 heteroatoms. The van der Waals surface area contributed by atoms with Crippen LogP contribution in [0.4, 0.5) is 0 Å². The van der Waals surface area contributed by atoms with E-state index in [0.29, 0.717) is 17.8 Å². The number of fused-ring (bicyclic) bond motifs is 1. The summed E-state index contributed by atoms with van der Waals surface area (Å²) in [5.74, 6) is -0.0594. The van der Waals surface area contributed by atoms with E-state index in [0.717, 1.165) is 17.5 Å². The Morgan fingerprint density at radius 2 is 1.79 bits per heavy atom. The summed E-state index contributed by atoms with van der Waals surface area (Å²) in [4.78, 5) is 13.5. The van der Waals surface area contributed by atoms with Crippen LogP contribution in [0.5, 0.6) is 0 Å². The number of rotatable bonds is 6. The number of quaternary nitrogens is 1. The van der Waals surface area contributed by atoms with Gasteiger partial charge in [0, 0.05) is 17.5 Å². The second-order valence-electron chi connectivity index (χ2n) is 6.28.